The van der Waals surface area contributed by atoms with Crippen molar-refractivity contribution in [3.63, 3.8) is 0 Å². The molecule has 0 bridgehead atoms. The molecule has 3 rings (SSSR count). The van der Waals surface area contributed by atoms with Crippen LogP contribution in [-0.4, -0.2) is 29.3 Å². The third-order valence-electron chi connectivity index (χ3n) is 4.45. The largest absolute Gasteiger partial charge is 0.325 e. The highest BCUT2D eigenvalue weighted by atomic mass is 16.2. The van der Waals surface area contributed by atoms with Gasteiger partial charge in [0.2, 0.25) is 5.91 Å². The molecule has 2 aromatic rings. The number of hydrogen-bond acceptors (Lipinski definition) is 4. The van der Waals surface area contributed by atoms with Crippen molar-refractivity contribution in [1.29, 1.82) is 5.26 Å². The van der Waals surface area contributed by atoms with Gasteiger partial charge in [0.1, 0.15) is 12.1 Å². The normalized spacial score (nSPS) is 18.7. The van der Waals surface area contributed by atoms with Crippen LogP contribution < -0.4 is 10.6 Å². The van der Waals surface area contributed by atoms with E-state index in [1.807, 2.05) is 12.1 Å². The van der Waals surface area contributed by atoms with Crippen LogP contribution in [0.5, 0.6) is 0 Å². The first kappa shape index (κ1) is 18.1. The van der Waals surface area contributed by atoms with Crippen molar-refractivity contribution in [2.75, 3.05) is 11.9 Å². The maximum absolute atomic E-state index is 12.8. The maximum atomic E-state index is 12.8. The summed E-state index contributed by atoms with van der Waals surface area (Å²) in [6.07, 6.45) is 0.286. The lowest BCUT2D eigenvalue weighted by Gasteiger charge is -2.22. The van der Waals surface area contributed by atoms with Crippen LogP contribution in [0.1, 0.15) is 18.1 Å². The minimum absolute atomic E-state index is 0.286. The smallest absolute Gasteiger partial charge is 0.325 e. The van der Waals surface area contributed by atoms with Crippen molar-refractivity contribution in [3.8, 4) is 6.07 Å². The van der Waals surface area contributed by atoms with Crippen LogP contribution in [0, 0.1) is 11.3 Å². The van der Waals surface area contributed by atoms with Gasteiger partial charge in [0.25, 0.3) is 5.91 Å². The van der Waals surface area contributed by atoms with Crippen molar-refractivity contribution < 1.29 is 14.4 Å². The number of carbonyl (C=O) groups excluding carboxylic acids is 3. The van der Waals surface area contributed by atoms with Crippen molar-refractivity contribution in [3.05, 3.63) is 65.7 Å². The average Bonchev–Trinajstić information content (AvgIpc) is 2.88. The number of amides is 4. The molecule has 2 N–H and O–H groups in total. The predicted octanol–water partition coefficient (Wildman–Crippen LogP) is 2.16. The molecule has 7 heteroatoms. The first-order valence-electron chi connectivity index (χ1n) is 8.39. The fourth-order valence-corrected chi connectivity index (χ4v) is 2.95. The Bertz CT molecular complexity index is 918. The fourth-order valence-electron chi connectivity index (χ4n) is 2.95. The zero-order valence-electron chi connectivity index (χ0n) is 14.7. The number of carbonyl (C=O) groups is 3. The topological polar surface area (TPSA) is 102 Å². The highest BCUT2D eigenvalue weighted by Crippen LogP contribution is 2.28. The van der Waals surface area contributed by atoms with E-state index in [-0.39, 0.29) is 13.0 Å². The molecule has 0 unspecified atom stereocenters. The second-order valence-electron chi connectivity index (χ2n) is 6.39. The molecule has 1 saturated heterocycles. The summed E-state index contributed by atoms with van der Waals surface area (Å²) in [5.41, 5.74) is 0.819. The van der Waals surface area contributed by atoms with Gasteiger partial charge < -0.3 is 10.6 Å². The summed E-state index contributed by atoms with van der Waals surface area (Å²) in [6, 6.07) is 17.2. The maximum Gasteiger partial charge on any atom is 0.325 e. The second kappa shape index (κ2) is 7.30. The zero-order valence-corrected chi connectivity index (χ0v) is 14.7. The van der Waals surface area contributed by atoms with E-state index < -0.39 is 23.4 Å². The summed E-state index contributed by atoms with van der Waals surface area (Å²) < 4.78 is 0. The van der Waals surface area contributed by atoms with E-state index in [4.69, 9.17) is 5.26 Å². The third kappa shape index (κ3) is 3.65. The summed E-state index contributed by atoms with van der Waals surface area (Å²) in [4.78, 5) is 38.2. The number of nitrogens with one attached hydrogen (secondary N) is 2. The van der Waals surface area contributed by atoms with Gasteiger partial charge in [-0.2, -0.15) is 5.26 Å². The molecule has 27 heavy (non-hydrogen) atoms. The Morgan fingerprint density at radius 2 is 1.81 bits per heavy atom. The molecule has 1 aliphatic heterocycles. The predicted molar refractivity (Wildman–Crippen MR) is 98.4 cm³/mol. The van der Waals surface area contributed by atoms with Gasteiger partial charge >= 0.3 is 6.03 Å². The number of nitriles is 1. The summed E-state index contributed by atoms with van der Waals surface area (Å²) >= 11 is 0. The Labute approximate surface area is 156 Å². The standard InChI is InChI=1S/C20H18N4O3/c1-20(15-5-3-2-4-6-15)18(26)24(19(27)23-20)13-17(25)22-16-9-7-14(8-10-16)11-12-21/h2-10H,11,13H2,1H3,(H,22,25)(H,23,27)/t20-/m1/s1. The van der Waals surface area contributed by atoms with Crippen LogP contribution in [0.2, 0.25) is 0 Å². The lowest BCUT2D eigenvalue weighted by molar-refractivity contribution is -0.133. The Morgan fingerprint density at radius 3 is 2.44 bits per heavy atom. The van der Waals surface area contributed by atoms with Gasteiger partial charge in [-0.25, -0.2) is 4.79 Å². The Hall–Kier alpha value is -3.66. The van der Waals surface area contributed by atoms with Crippen LogP contribution in [0.4, 0.5) is 10.5 Å². The van der Waals surface area contributed by atoms with E-state index in [2.05, 4.69) is 10.6 Å². The molecule has 1 atom stereocenters. The first-order chi connectivity index (χ1) is 12.9. The van der Waals surface area contributed by atoms with Crippen LogP contribution >= 0.6 is 0 Å². The van der Waals surface area contributed by atoms with Crippen molar-refractivity contribution in [2.24, 2.45) is 0 Å². The van der Waals surface area contributed by atoms with Gasteiger partial charge in [-0.3, -0.25) is 14.5 Å². The molecule has 7 nitrogen and oxygen atoms in total. The number of anilines is 1. The van der Waals surface area contributed by atoms with Crippen LogP contribution in [-0.2, 0) is 21.5 Å². The monoisotopic (exact) mass is 362 g/mol. The van der Waals surface area contributed by atoms with E-state index >= 15 is 0 Å². The molecule has 0 radical (unpaired) electrons. The number of imide groups is 1. The Kier molecular flexibility index (Phi) is 4.90. The highest BCUT2D eigenvalue weighted by molar-refractivity contribution is 6.10. The van der Waals surface area contributed by atoms with E-state index in [9.17, 15) is 14.4 Å². The second-order valence-corrected chi connectivity index (χ2v) is 6.39. The van der Waals surface area contributed by atoms with Crippen molar-refractivity contribution in [2.45, 2.75) is 18.9 Å². The minimum atomic E-state index is -1.20. The Morgan fingerprint density at radius 1 is 1.15 bits per heavy atom. The van der Waals surface area contributed by atoms with Gasteiger partial charge in [-0.1, -0.05) is 42.5 Å². The lowest BCUT2D eigenvalue weighted by atomic mass is 9.92. The van der Waals surface area contributed by atoms with Gasteiger partial charge in [-0.05, 0) is 30.2 Å². The molecule has 0 aromatic heterocycles. The minimum Gasteiger partial charge on any atom is -0.325 e. The molecule has 0 spiro atoms. The molecule has 1 aliphatic rings. The summed E-state index contributed by atoms with van der Waals surface area (Å²) in [5, 5.41) is 14.0. The van der Waals surface area contributed by atoms with Crippen molar-refractivity contribution >= 4 is 23.5 Å². The number of nitrogens with zero attached hydrogens (tertiary/aromatic N) is 2. The third-order valence-corrected chi connectivity index (χ3v) is 4.45. The molecule has 1 fully saturated rings. The number of rotatable bonds is 5. The summed E-state index contributed by atoms with van der Waals surface area (Å²) in [6.45, 7) is 1.24. The molecule has 2 aromatic carbocycles. The molecule has 1 heterocycles. The van der Waals surface area contributed by atoms with Gasteiger partial charge in [-0.15, -0.1) is 0 Å². The highest BCUT2D eigenvalue weighted by Gasteiger charge is 2.49. The molecule has 0 aliphatic carbocycles. The SMILES string of the molecule is C[C@]1(c2ccccc2)NC(=O)N(CC(=O)Nc2ccc(CC#N)cc2)C1=O. The fraction of sp³-hybridized carbons (Fsp3) is 0.200. The lowest BCUT2D eigenvalue weighted by Crippen LogP contribution is -2.42. The van der Waals surface area contributed by atoms with E-state index in [1.165, 1.54) is 0 Å². The Balaban J connectivity index is 1.68. The summed E-state index contributed by atoms with van der Waals surface area (Å²) in [5.74, 6) is -0.956. The van der Waals surface area contributed by atoms with Crippen LogP contribution in [0.3, 0.4) is 0 Å². The quantitative estimate of drug-likeness (QED) is 0.796. The number of benzene rings is 2. The van der Waals surface area contributed by atoms with Gasteiger partial charge in [0, 0.05) is 5.69 Å². The molecular weight excluding hydrogens is 344 g/mol. The molecule has 0 saturated carbocycles. The first-order valence-corrected chi connectivity index (χ1v) is 8.39. The van der Waals surface area contributed by atoms with Crippen LogP contribution in [0.25, 0.3) is 0 Å². The molecular formula is C20H18N4O3. The summed E-state index contributed by atoms with van der Waals surface area (Å²) in [7, 11) is 0. The van der Waals surface area contributed by atoms with E-state index in [0.717, 1.165) is 10.5 Å². The molecule has 136 valence electrons. The average molecular weight is 362 g/mol. The van der Waals surface area contributed by atoms with Gasteiger partial charge in [0.15, 0.2) is 0 Å². The van der Waals surface area contributed by atoms with E-state index in [0.29, 0.717) is 11.3 Å². The van der Waals surface area contributed by atoms with Gasteiger partial charge in [0.05, 0.1) is 12.5 Å². The molecule has 4 amide bonds. The van der Waals surface area contributed by atoms with Crippen molar-refractivity contribution in [1.82, 2.24) is 10.2 Å². The van der Waals surface area contributed by atoms with Crippen LogP contribution in [0.15, 0.2) is 54.6 Å². The number of urea groups is 1. The van der Waals surface area contributed by atoms with E-state index in [1.54, 1.807) is 55.5 Å². The zero-order chi connectivity index (χ0) is 19.4. The number of hydrogen-bond donors (Lipinski definition) is 2.